The highest BCUT2D eigenvalue weighted by atomic mass is 16.5. The molecule has 1 N–H and O–H groups in total. The number of aromatic nitrogens is 2. The first-order valence-electron chi connectivity index (χ1n) is 7.61. The number of nitrogens with zero attached hydrogens (tertiary/aromatic N) is 2. The van der Waals surface area contributed by atoms with Gasteiger partial charge in [0.2, 0.25) is 0 Å². The molecule has 4 heteroatoms. The van der Waals surface area contributed by atoms with Gasteiger partial charge in [-0.15, -0.1) is 0 Å². The minimum absolute atomic E-state index is 0.406. The van der Waals surface area contributed by atoms with Crippen molar-refractivity contribution in [1.29, 1.82) is 0 Å². The molecule has 112 valence electrons. The van der Waals surface area contributed by atoms with E-state index in [1.165, 1.54) is 5.56 Å². The second kappa shape index (κ2) is 5.80. The van der Waals surface area contributed by atoms with Gasteiger partial charge in [-0.05, 0) is 44.2 Å². The van der Waals surface area contributed by atoms with Crippen LogP contribution in [0.2, 0.25) is 0 Å². The molecule has 1 aliphatic carbocycles. The van der Waals surface area contributed by atoms with Crippen LogP contribution in [-0.2, 0) is 0 Å². The first-order valence-corrected chi connectivity index (χ1v) is 7.61. The van der Waals surface area contributed by atoms with Crippen molar-refractivity contribution >= 4 is 5.69 Å². The molecule has 0 unspecified atom stereocenters. The van der Waals surface area contributed by atoms with E-state index in [0.717, 1.165) is 24.3 Å². The lowest BCUT2D eigenvalue weighted by Gasteiger charge is -2.37. The van der Waals surface area contributed by atoms with Gasteiger partial charge in [-0.25, -0.2) is 0 Å². The minimum Gasteiger partial charge on any atom is -0.496 e. The minimum atomic E-state index is 0.406. The highest BCUT2D eigenvalue weighted by Crippen LogP contribution is 2.42. The molecular weight excluding hydrogens is 262 g/mol. The SMILES string of the molecule is COc1ccccc1C1CC(Nc2cnn(C(C)C)c2)C1. The average molecular weight is 285 g/mol. The summed E-state index contributed by atoms with van der Waals surface area (Å²) in [5.74, 6) is 1.60. The summed E-state index contributed by atoms with van der Waals surface area (Å²) in [7, 11) is 1.74. The molecule has 0 aliphatic heterocycles. The smallest absolute Gasteiger partial charge is 0.122 e. The van der Waals surface area contributed by atoms with Crippen LogP contribution in [0.1, 0.15) is 44.2 Å². The molecule has 0 amide bonds. The zero-order valence-corrected chi connectivity index (χ0v) is 12.9. The maximum Gasteiger partial charge on any atom is 0.122 e. The van der Waals surface area contributed by atoms with Crippen LogP contribution in [0, 0.1) is 0 Å². The van der Waals surface area contributed by atoms with Crippen molar-refractivity contribution in [2.24, 2.45) is 0 Å². The number of para-hydroxylation sites is 1. The van der Waals surface area contributed by atoms with E-state index in [4.69, 9.17) is 4.74 Å². The third-order valence-electron chi connectivity index (χ3n) is 4.22. The molecule has 2 aromatic rings. The standard InChI is InChI=1S/C17H23N3O/c1-12(2)20-11-15(10-18-20)19-14-8-13(9-14)16-6-4-5-7-17(16)21-3/h4-7,10-14,19H,8-9H2,1-3H3. The van der Waals surface area contributed by atoms with Gasteiger partial charge in [0.1, 0.15) is 5.75 Å². The Bertz CT molecular complexity index is 600. The van der Waals surface area contributed by atoms with E-state index in [1.54, 1.807) is 7.11 Å². The molecule has 0 radical (unpaired) electrons. The summed E-state index contributed by atoms with van der Waals surface area (Å²) in [6.07, 6.45) is 6.29. The average Bonchev–Trinajstić information content (AvgIpc) is 2.91. The predicted octanol–water partition coefficient (Wildman–Crippen LogP) is 3.83. The first kappa shape index (κ1) is 14.0. The molecule has 0 saturated heterocycles. The lowest BCUT2D eigenvalue weighted by atomic mass is 9.75. The highest BCUT2D eigenvalue weighted by molar-refractivity contribution is 5.43. The van der Waals surface area contributed by atoms with Crippen LogP contribution in [0.3, 0.4) is 0 Å². The Kier molecular flexibility index (Phi) is 3.86. The largest absolute Gasteiger partial charge is 0.496 e. The van der Waals surface area contributed by atoms with E-state index in [9.17, 15) is 0 Å². The van der Waals surface area contributed by atoms with Gasteiger partial charge in [0.25, 0.3) is 0 Å². The third-order valence-corrected chi connectivity index (χ3v) is 4.22. The lowest BCUT2D eigenvalue weighted by molar-refractivity contribution is 0.350. The Morgan fingerprint density at radius 3 is 2.71 bits per heavy atom. The number of benzene rings is 1. The van der Waals surface area contributed by atoms with Gasteiger partial charge in [-0.1, -0.05) is 18.2 Å². The number of ether oxygens (including phenoxy) is 1. The maximum atomic E-state index is 5.45. The number of methoxy groups -OCH3 is 1. The van der Waals surface area contributed by atoms with Crippen LogP contribution < -0.4 is 10.1 Å². The van der Waals surface area contributed by atoms with Gasteiger partial charge in [-0.2, -0.15) is 5.10 Å². The molecule has 4 nitrogen and oxygen atoms in total. The summed E-state index contributed by atoms with van der Waals surface area (Å²) in [5, 5.41) is 7.93. The summed E-state index contributed by atoms with van der Waals surface area (Å²) in [6.45, 7) is 4.27. The quantitative estimate of drug-likeness (QED) is 0.907. The van der Waals surface area contributed by atoms with Gasteiger partial charge >= 0.3 is 0 Å². The van der Waals surface area contributed by atoms with Crippen molar-refractivity contribution < 1.29 is 4.74 Å². The van der Waals surface area contributed by atoms with Crippen LogP contribution in [0.4, 0.5) is 5.69 Å². The molecule has 1 aromatic carbocycles. The van der Waals surface area contributed by atoms with Crippen molar-refractivity contribution in [3.8, 4) is 5.75 Å². The molecule has 1 fully saturated rings. The second-order valence-electron chi connectivity index (χ2n) is 6.05. The normalized spacial score (nSPS) is 21.1. The van der Waals surface area contributed by atoms with Crippen molar-refractivity contribution in [1.82, 2.24) is 9.78 Å². The van der Waals surface area contributed by atoms with Gasteiger partial charge in [0.15, 0.2) is 0 Å². The number of hydrogen-bond acceptors (Lipinski definition) is 3. The Morgan fingerprint density at radius 2 is 2.05 bits per heavy atom. The molecule has 1 heterocycles. The second-order valence-corrected chi connectivity index (χ2v) is 6.05. The summed E-state index contributed by atoms with van der Waals surface area (Å²) in [4.78, 5) is 0. The third kappa shape index (κ3) is 2.89. The Labute approximate surface area is 126 Å². The van der Waals surface area contributed by atoms with E-state index in [-0.39, 0.29) is 0 Å². The summed E-state index contributed by atoms with van der Waals surface area (Å²) < 4.78 is 7.44. The molecule has 3 rings (SSSR count). The summed E-state index contributed by atoms with van der Waals surface area (Å²) in [6, 6.07) is 9.27. The molecule has 0 bridgehead atoms. The van der Waals surface area contributed by atoms with Crippen LogP contribution in [-0.4, -0.2) is 22.9 Å². The molecule has 21 heavy (non-hydrogen) atoms. The fraction of sp³-hybridized carbons (Fsp3) is 0.471. The van der Waals surface area contributed by atoms with Gasteiger partial charge in [0, 0.05) is 18.3 Å². The molecule has 1 aromatic heterocycles. The van der Waals surface area contributed by atoms with E-state index in [1.807, 2.05) is 23.0 Å². The highest BCUT2D eigenvalue weighted by Gasteiger charge is 2.32. The van der Waals surface area contributed by atoms with Crippen LogP contribution in [0.25, 0.3) is 0 Å². The van der Waals surface area contributed by atoms with Crippen molar-refractivity contribution in [2.75, 3.05) is 12.4 Å². The van der Waals surface area contributed by atoms with E-state index < -0.39 is 0 Å². The number of rotatable bonds is 5. The summed E-state index contributed by atoms with van der Waals surface area (Å²) >= 11 is 0. The molecule has 0 atom stereocenters. The monoisotopic (exact) mass is 285 g/mol. The molecule has 1 saturated carbocycles. The Hall–Kier alpha value is -1.97. The topological polar surface area (TPSA) is 39.1 Å². The van der Waals surface area contributed by atoms with Crippen molar-refractivity contribution in [3.63, 3.8) is 0 Å². The zero-order valence-electron chi connectivity index (χ0n) is 12.9. The fourth-order valence-corrected chi connectivity index (χ4v) is 2.92. The predicted molar refractivity (Wildman–Crippen MR) is 85.0 cm³/mol. The maximum absolute atomic E-state index is 5.45. The number of hydrogen-bond donors (Lipinski definition) is 1. The Balaban J connectivity index is 1.58. The molecular formula is C17H23N3O. The van der Waals surface area contributed by atoms with Gasteiger partial charge < -0.3 is 10.1 Å². The summed E-state index contributed by atoms with van der Waals surface area (Å²) in [5.41, 5.74) is 2.45. The number of anilines is 1. The zero-order chi connectivity index (χ0) is 14.8. The van der Waals surface area contributed by atoms with Gasteiger partial charge in [-0.3, -0.25) is 4.68 Å². The van der Waals surface area contributed by atoms with E-state index in [2.05, 4.69) is 42.6 Å². The van der Waals surface area contributed by atoms with Crippen LogP contribution >= 0.6 is 0 Å². The number of nitrogens with one attached hydrogen (secondary N) is 1. The Morgan fingerprint density at radius 1 is 1.29 bits per heavy atom. The van der Waals surface area contributed by atoms with Crippen molar-refractivity contribution in [3.05, 3.63) is 42.2 Å². The fourth-order valence-electron chi connectivity index (χ4n) is 2.92. The van der Waals surface area contributed by atoms with Crippen molar-refractivity contribution in [2.45, 2.75) is 44.7 Å². The van der Waals surface area contributed by atoms with E-state index >= 15 is 0 Å². The molecule has 0 spiro atoms. The first-order chi connectivity index (χ1) is 10.2. The van der Waals surface area contributed by atoms with Crippen LogP contribution in [0.5, 0.6) is 5.75 Å². The van der Waals surface area contributed by atoms with E-state index in [0.29, 0.717) is 18.0 Å². The lowest BCUT2D eigenvalue weighted by Crippen LogP contribution is -2.34. The molecule has 1 aliphatic rings. The van der Waals surface area contributed by atoms with Crippen LogP contribution in [0.15, 0.2) is 36.7 Å². The van der Waals surface area contributed by atoms with Gasteiger partial charge in [0.05, 0.1) is 19.0 Å².